The second-order valence-corrected chi connectivity index (χ2v) is 23.5. The summed E-state index contributed by atoms with van der Waals surface area (Å²) in [5, 5.41) is 15.9. The van der Waals surface area contributed by atoms with E-state index in [9.17, 15) is 0 Å². The quantitative estimate of drug-likeness (QED) is 0.161. The molecule has 0 spiro atoms. The van der Waals surface area contributed by atoms with E-state index in [1.165, 1.54) is 22.3 Å². The lowest BCUT2D eigenvalue weighted by Crippen LogP contribution is -2.53. The summed E-state index contributed by atoms with van der Waals surface area (Å²) >= 11 is 0. The summed E-state index contributed by atoms with van der Waals surface area (Å²) in [6.45, 7) is 31.0. The molecule has 6 heteroatoms. The third-order valence-electron chi connectivity index (χ3n) is 10.8. The summed E-state index contributed by atoms with van der Waals surface area (Å²) in [6.07, 6.45) is 2.28. The first-order valence-electron chi connectivity index (χ1n) is 18.3. The highest BCUT2D eigenvalue weighted by molar-refractivity contribution is 7.60. The Labute approximate surface area is 295 Å². The fourth-order valence-electron chi connectivity index (χ4n) is 8.07. The molecule has 2 saturated heterocycles. The van der Waals surface area contributed by atoms with E-state index in [1.54, 1.807) is 11.1 Å². The van der Waals surface area contributed by atoms with E-state index in [0.717, 1.165) is 51.6 Å². The third kappa shape index (κ3) is 8.62. The van der Waals surface area contributed by atoms with Crippen LogP contribution >= 0.6 is 15.8 Å². The molecule has 0 aromatic heterocycles. The van der Waals surface area contributed by atoms with E-state index in [1.807, 2.05) is 0 Å². The van der Waals surface area contributed by atoms with Crippen molar-refractivity contribution in [2.24, 2.45) is 0 Å². The van der Waals surface area contributed by atoms with Gasteiger partial charge in [-0.15, -0.1) is 0 Å². The monoisotopic (exact) mass is 686 g/mol. The predicted molar refractivity (Wildman–Crippen MR) is 214 cm³/mol. The fourth-order valence-corrected chi connectivity index (χ4v) is 14.7. The fraction of sp³-hybridized carbons (Fsp3) is 0.571. The van der Waals surface area contributed by atoms with Gasteiger partial charge in [-0.25, -0.2) is 0 Å². The van der Waals surface area contributed by atoms with E-state index in [0.29, 0.717) is 11.6 Å². The van der Waals surface area contributed by atoms with Crippen LogP contribution in [-0.2, 0) is 23.2 Å². The molecule has 3 aromatic carbocycles. The van der Waals surface area contributed by atoms with E-state index < -0.39 is 7.92 Å². The number of hydrogen-bond donors (Lipinski definition) is 4. The lowest BCUT2D eigenvalue weighted by molar-refractivity contribution is 0.472. The van der Waals surface area contributed by atoms with Crippen LogP contribution in [0.2, 0.25) is 0 Å². The maximum absolute atomic E-state index is 3.98. The van der Waals surface area contributed by atoms with Gasteiger partial charge < -0.3 is 21.3 Å². The third-order valence-corrected chi connectivity index (χ3v) is 17.8. The molecular weight excluding hydrogens is 622 g/mol. The molecule has 2 atom stereocenters. The van der Waals surface area contributed by atoms with Gasteiger partial charge in [0.15, 0.2) is 0 Å². The van der Waals surface area contributed by atoms with Crippen LogP contribution in [0.5, 0.6) is 0 Å². The lowest BCUT2D eigenvalue weighted by Gasteiger charge is -2.44. The van der Waals surface area contributed by atoms with Crippen molar-refractivity contribution in [3.8, 4) is 0 Å². The highest BCUT2D eigenvalue weighted by Crippen LogP contribution is 2.62. The molecule has 3 aromatic rings. The Hall–Kier alpha value is -1.64. The zero-order valence-corrected chi connectivity index (χ0v) is 33.4. The molecule has 5 rings (SSSR count). The molecule has 2 heterocycles. The van der Waals surface area contributed by atoms with Crippen molar-refractivity contribution in [2.75, 3.05) is 39.3 Å². The van der Waals surface area contributed by atoms with E-state index in [4.69, 9.17) is 0 Å². The Morgan fingerprint density at radius 1 is 0.542 bits per heavy atom. The molecule has 0 radical (unpaired) electrons. The second-order valence-electron chi connectivity index (χ2n) is 17.1. The predicted octanol–water partition coefficient (Wildman–Crippen LogP) is 8.94. The van der Waals surface area contributed by atoms with Crippen LogP contribution in [0.25, 0.3) is 0 Å². The van der Waals surface area contributed by atoms with E-state index >= 15 is 0 Å². The molecule has 48 heavy (non-hydrogen) atoms. The average Bonchev–Trinajstić information content (AvgIpc) is 3.06. The zero-order chi connectivity index (χ0) is 34.7. The maximum Gasteiger partial charge on any atom is 0.0413 e. The smallest absolute Gasteiger partial charge is 0.0413 e. The summed E-state index contributed by atoms with van der Waals surface area (Å²) < 4.78 is 0. The minimum absolute atomic E-state index is 0.156. The number of rotatable bonds is 10. The molecule has 4 nitrogen and oxygen atoms in total. The van der Waals surface area contributed by atoms with Gasteiger partial charge >= 0.3 is 0 Å². The first-order chi connectivity index (χ1) is 22.6. The summed E-state index contributed by atoms with van der Waals surface area (Å²) in [4.78, 5) is 0. The van der Waals surface area contributed by atoms with Crippen molar-refractivity contribution in [2.45, 2.75) is 114 Å². The van der Waals surface area contributed by atoms with Crippen molar-refractivity contribution in [1.82, 2.24) is 21.3 Å². The van der Waals surface area contributed by atoms with Gasteiger partial charge in [0.05, 0.1) is 0 Å². The molecule has 0 saturated carbocycles. The van der Waals surface area contributed by atoms with Gasteiger partial charge in [-0.1, -0.05) is 158 Å². The number of nitrogens with one attached hydrogen (secondary N) is 4. The van der Waals surface area contributed by atoms with Crippen molar-refractivity contribution in [3.63, 3.8) is 0 Å². The van der Waals surface area contributed by atoms with Crippen LogP contribution in [0.15, 0.2) is 72.8 Å². The van der Waals surface area contributed by atoms with Crippen LogP contribution in [0.4, 0.5) is 0 Å². The topological polar surface area (TPSA) is 48.1 Å². The molecule has 0 bridgehead atoms. The van der Waals surface area contributed by atoms with Crippen molar-refractivity contribution < 1.29 is 0 Å². The standard InChI is InChI=1S/C42H64N4P2/c1-39(2,3)48(40(4,5)6)30-32-26-36(42(9,10)34-19-15-12-16-20-34)35(41(7,8)33-17-13-11-14-18-33)25-31(32)29-47(37-27-43-21-23-45-37)38-28-44-22-24-46-38/h11-20,25-26,37-38,43-46H,21-24,27-30H2,1-10H3. The Kier molecular flexibility index (Phi) is 12.0. The highest BCUT2D eigenvalue weighted by atomic mass is 31.1. The molecule has 4 N–H and O–H groups in total. The van der Waals surface area contributed by atoms with Gasteiger partial charge in [0.1, 0.15) is 0 Å². The summed E-state index contributed by atoms with van der Waals surface area (Å²) in [7, 11) is -0.717. The summed E-state index contributed by atoms with van der Waals surface area (Å²) in [6, 6.07) is 27.8. The van der Waals surface area contributed by atoms with Gasteiger partial charge in [-0.2, -0.15) is 0 Å². The van der Waals surface area contributed by atoms with Gasteiger partial charge in [-0.3, -0.25) is 0 Å². The van der Waals surface area contributed by atoms with Crippen molar-refractivity contribution in [3.05, 3.63) is 106 Å². The SMILES string of the molecule is CC(C)(c1ccccc1)c1cc(CP(C2CNCCN2)C2CNCCN2)c(CP(C(C)(C)C)C(C)(C)C)cc1C(C)(C)c1ccccc1. The minimum Gasteiger partial charge on any atom is -0.314 e. The van der Waals surface area contributed by atoms with E-state index in [2.05, 4.69) is 163 Å². The van der Waals surface area contributed by atoms with Crippen molar-refractivity contribution in [1.29, 1.82) is 0 Å². The number of benzene rings is 3. The largest absolute Gasteiger partial charge is 0.314 e. The number of piperazine rings is 2. The van der Waals surface area contributed by atoms with Gasteiger partial charge in [0.2, 0.25) is 0 Å². The van der Waals surface area contributed by atoms with Crippen LogP contribution in [0.1, 0.15) is 103 Å². The van der Waals surface area contributed by atoms with Crippen LogP contribution in [0, 0.1) is 0 Å². The first kappa shape index (κ1) is 37.6. The van der Waals surface area contributed by atoms with E-state index in [-0.39, 0.29) is 29.1 Å². The summed E-state index contributed by atoms with van der Waals surface area (Å²) in [5.74, 6) is 0.994. The molecule has 2 aliphatic rings. The molecule has 2 aliphatic heterocycles. The van der Waals surface area contributed by atoms with Crippen LogP contribution in [0.3, 0.4) is 0 Å². The Balaban J connectivity index is 1.75. The first-order valence-corrected chi connectivity index (χ1v) is 21.5. The van der Waals surface area contributed by atoms with Gasteiger partial charge in [0, 0.05) is 61.7 Å². The van der Waals surface area contributed by atoms with Crippen molar-refractivity contribution >= 4 is 15.8 Å². The normalized spacial score (nSPS) is 20.6. The minimum atomic E-state index is -0.395. The zero-order valence-electron chi connectivity index (χ0n) is 31.6. The lowest BCUT2D eigenvalue weighted by atomic mass is 9.67. The molecule has 2 unspecified atom stereocenters. The molecule has 0 amide bonds. The second kappa shape index (κ2) is 15.3. The molecule has 262 valence electrons. The van der Waals surface area contributed by atoms with Crippen LogP contribution < -0.4 is 21.3 Å². The van der Waals surface area contributed by atoms with Crippen LogP contribution in [-0.4, -0.2) is 61.1 Å². The molecule has 0 aliphatic carbocycles. The number of hydrogen-bond acceptors (Lipinski definition) is 4. The average molecular weight is 687 g/mol. The molecular formula is C42H64N4P2. The van der Waals surface area contributed by atoms with Gasteiger partial charge in [0.25, 0.3) is 0 Å². The van der Waals surface area contributed by atoms with Gasteiger partial charge in [-0.05, 0) is 56.0 Å². The summed E-state index contributed by atoms with van der Waals surface area (Å²) in [5.41, 5.74) is 8.53. The Morgan fingerprint density at radius 2 is 0.938 bits per heavy atom. The Bertz CT molecular complexity index is 1430. The molecule has 2 fully saturated rings. The maximum atomic E-state index is 3.98. The Morgan fingerprint density at radius 3 is 1.29 bits per heavy atom. The highest BCUT2D eigenvalue weighted by Gasteiger charge is 2.39.